The topological polar surface area (TPSA) is 75.0 Å². The molecule has 0 unspecified atom stereocenters. The Labute approximate surface area is 101 Å². The van der Waals surface area contributed by atoms with E-state index in [2.05, 4.69) is 14.9 Å². The second-order valence-electron chi connectivity index (χ2n) is 4.70. The maximum absolute atomic E-state index is 11.4. The Balaban J connectivity index is 2.02. The third kappa shape index (κ3) is 3.06. The summed E-state index contributed by atoms with van der Waals surface area (Å²) in [6, 6.07) is 1.58. The molecule has 1 aromatic heterocycles. The van der Waals surface area contributed by atoms with E-state index in [0.717, 1.165) is 50.6 Å². The zero-order valence-corrected chi connectivity index (χ0v) is 10.3. The first-order valence-electron chi connectivity index (χ1n) is 6.22. The van der Waals surface area contributed by atoms with Crippen LogP contribution in [0, 0.1) is 12.8 Å². The summed E-state index contributed by atoms with van der Waals surface area (Å²) in [4.78, 5) is 20.6. The van der Waals surface area contributed by atoms with Gasteiger partial charge in [0.05, 0.1) is 0 Å². The molecule has 17 heavy (non-hydrogen) atoms. The standard InChI is InChI=1S/C12H20N4O/c1-9-14-11(8-12(17)15-9)16-6-3-10(2-5-13)4-7-16/h8,10H,2-7,13H2,1H3,(H,14,15,17). The molecule has 1 aliphatic heterocycles. The number of nitrogens with zero attached hydrogens (tertiary/aromatic N) is 2. The molecule has 0 spiro atoms. The molecular weight excluding hydrogens is 216 g/mol. The van der Waals surface area contributed by atoms with Gasteiger partial charge in [-0.05, 0) is 38.6 Å². The van der Waals surface area contributed by atoms with E-state index in [1.54, 1.807) is 6.07 Å². The highest BCUT2D eigenvalue weighted by Crippen LogP contribution is 2.22. The summed E-state index contributed by atoms with van der Waals surface area (Å²) < 4.78 is 0. The molecule has 1 aliphatic rings. The lowest BCUT2D eigenvalue weighted by atomic mass is 9.94. The second kappa shape index (κ2) is 5.31. The van der Waals surface area contributed by atoms with Crippen molar-refractivity contribution in [3.63, 3.8) is 0 Å². The van der Waals surface area contributed by atoms with E-state index in [0.29, 0.717) is 5.82 Å². The average molecular weight is 236 g/mol. The lowest BCUT2D eigenvalue weighted by Crippen LogP contribution is -2.35. The molecule has 5 nitrogen and oxygen atoms in total. The van der Waals surface area contributed by atoms with Crippen LogP contribution >= 0.6 is 0 Å². The summed E-state index contributed by atoms with van der Waals surface area (Å²) in [7, 11) is 0. The van der Waals surface area contributed by atoms with E-state index >= 15 is 0 Å². The van der Waals surface area contributed by atoms with Gasteiger partial charge in [-0.15, -0.1) is 0 Å². The van der Waals surface area contributed by atoms with Gasteiger partial charge < -0.3 is 15.6 Å². The quantitative estimate of drug-likeness (QED) is 0.807. The normalized spacial score (nSPS) is 17.4. The van der Waals surface area contributed by atoms with E-state index in [1.165, 1.54) is 0 Å². The van der Waals surface area contributed by atoms with E-state index in [-0.39, 0.29) is 5.56 Å². The molecule has 3 N–H and O–H groups in total. The van der Waals surface area contributed by atoms with Gasteiger partial charge in [-0.1, -0.05) is 0 Å². The van der Waals surface area contributed by atoms with Crippen LogP contribution in [0.15, 0.2) is 10.9 Å². The third-order valence-electron chi connectivity index (χ3n) is 3.36. The van der Waals surface area contributed by atoms with Gasteiger partial charge in [0.1, 0.15) is 11.6 Å². The summed E-state index contributed by atoms with van der Waals surface area (Å²) in [5.74, 6) is 2.22. The molecule has 0 amide bonds. The molecule has 2 heterocycles. The van der Waals surface area contributed by atoms with Gasteiger partial charge in [-0.3, -0.25) is 4.79 Å². The molecule has 1 aromatic rings. The minimum atomic E-state index is -0.0726. The zero-order valence-electron chi connectivity index (χ0n) is 10.3. The number of H-pyrrole nitrogens is 1. The average Bonchev–Trinajstić information content (AvgIpc) is 2.29. The van der Waals surface area contributed by atoms with Gasteiger partial charge in [-0.2, -0.15) is 0 Å². The van der Waals surface area contributed by atoms with Crippen LogP contribution in [-0.4, -0.2) is 29.6 Å². The lowest BCUT2D eigenvalue weighted by Gasteiger charge is -2.32. The number of nitrogens with two attached hydrogens (primary N) is 1. The number of rotatable bonds is 3. The molecule has 0 saturated carbocycles. The second-order valence-corrected chi connectivity index (χ2v) is 4.70. The van der Waals surface area contributed by atoms with Crippen molar-refractivity contribution in [3.05, 3.63) is 22.2 Å². The van der Waals surface area contributed by atoms with Gasteiger partial charge in [0.2, 0.25) is 0 Å². The summed E-state index contributed by atoms with van der Waals surface area (Å²) >= 11 is 0. The third-order valence-corrected chi connectivity index (χ3v) is 3.36. The van der Waals surface area contributed by atoms with Gasteiger partial charge in [0.25, 0.3) is 5.56 Å². The van der Waals surface area contributed by atoms with Crippen LogP contribution in [0.1, 0.15) is 25.1 Å². The summed E-state index contributed by atoms with van der Waals surface area (Å²) in [6.07, 6.45) is 3.39. The van der Waals surface area contributed by atoms with Gasteiger partial charge in [0.15, 0.2) is 0 Å². The van der Waals surface area contributed by atoms with Crippen LogP contribution in [0.25, 0.3) is 0 Å². The number of aryl methyl sites for hydroxylation is 1. The highest BCUT2D eigenvalue weighted by atomic mass is 16.1. The summed E-state index contributed by atoms with van der Waals surface area (Å²) in [6.45, 7) is 4.53. The first-order valence-corrected chi connectivity index (χ1v) is 6.22. The Kier molecular flexibility index (Phi) is 3.78. The van der Waals surface area contributed by atoms with Crippen molar-refractivity contribution in [2.45, 2.75) is 26.2 Å². The number of nitrogens with one attached hydrogen (secondary N) is 1. The molecule has 94 valence electrons. The van der Waals surface area contributed by atoms with Crippen LogP contribution in [-0.2, 0) is 0 Å². The van der Waals surface area contributed by atoms with Crippen molar-refractivity contribution in [2.24, 2.45) is 11.7 Å². The van der Waals surface area contributed by atoms with Crippen LogP contribution in [0.3, 0.4) is 0 Å². The first-order chi connectivity index (χ1) is 8.19. The monoisotopic (exact) mass is 236 g/mol. The molecule has 0 radical (unpaired) electrons. The Morgan fingerprint density at radius 1 is 1.53 bits per heavy atom. The summed E-state index contributed by atoms with van der Waals surface area (Å²) in [5.41, 5.74) is 5.50. The van der Waals surface area contributed by atoms with E-state index in [1.807, 2.05) is 6.92 Å². The Morgan fingerprint density at radius 3 is 2.82 bits per heavy atom. The van der Waals surface area contributed by atoms with Crippen molar-refractivity contribution in [1.82, 2.24) is 9.97 Å². The smallest absolute Gasteiger partial charge is 0.252 e. The number of hydrogen-bond acceptors (Lipinski definition) is 4. The molecule has 0 aliphatic carbocycles. The Morgan fingerprint density at radius 2 is 2.24 bits per heavy atom. The molecule has 0 aromatic carbocycles. The van der Waals surface area contributed by atoms with Crippen LogP contribution in [0.4, 0.5) is 5.82 Å². The van der Waals surface area contributed by atoms with Crippen LogP contribution in [0.5, 0.6) is 0 Å². The van der Waals surface area contributed by atoms with Gasteiger partial charge in [-0.25, -0.2) is 4.98 Å². The molecule has 0 atom stereocenters. The predicted octanol–water partition coefficient (Wildman–Crippen LogP) is 0.644. The fraction of sp³-hybridized carbons (Fsp3) is 0.667. The highest BCUT2D eigenvalue weighted by molar-refractivity contribution is 5.37. The Hall–Kier alpha value is -1.36. The van der Waals surface area contributed by atoms with Crippen LogP contribution < -0.4 is 16.2 Å². The number of hydrogen-bond donors (Lipinski definition) is 2. The highest BCUT2D eigenvalue weighted by Gasteiger charge is 2.19. The van der Waals surface area contributed by atoms with Crippen LogP contribution in [0.2, 0.25) is 0 Å². The van der Waals surface area contributed by atoms with E-state index in [9.17, 15) is 4.79 Å². The van der Waals surface area contributed by atoms with Crippen molar-refractivity contribution in [1.29, 1.82) is 0 Å². The maximum atomic E-state index is 11.4. The van der Waals surface area contributed by atoms with Crippen molar-refractivity contribution >= 4 is 5.82 Å². The fourth-order valence-electron chi connectivity index (χ4n) is 2.41. The number of aromatic amines is 1. The first kappa shape index (κ1) is 12.1. The molecule has 5 heteroatoms. The largest absolute Gasteiger partial charge is 0.356 e. The van der Waals surface area contributed by atoms with E-state index < -0.39 is 0 Å². The van der Waals surface area contributed by atoms with Crippen molar-refractivity contribution in [3.8, 4) is 0 Å². The molecule has 0 bridgehead atoms. The molecular formula is C12H20N4O. The number of aromatic nitrogens is 2. The SMILES string of the molecule is Cc1nc(N2CCC(CCN)CC2)cc(=O)[nH]1. The Bertz CT molecular complexity index is 421. The van der Waals surface area contributed by atoms with E-state index in [4.69, 9.17) is 5.73 Å². The molecule has 2 rings (SSSR count). The maximum Gasteiger partial charge on any atom is 0.252 e. The van der Waals surface area contributed by atoms with Crippen molar-refractivity contribution in [2.75, 3.05) is 24.5 Å². The summed E-state index contributed by atoms with van der Waals surface area (Å²) in [5, 5.41) is 0. The fourth-order valence-corrected chi connectivity index (χ4v) is 2.41. The van der Waals surface area contributed by atoms with Gasteiger partial charge in [0, 0.05) is 19.2 Å². The predicted molar refractivity (Wildman–Crippen MR) is 68.2 cm³/mol. The lowest BCUT2D eigenvalue weighted by molar-refractivity contribution is 0.385. The molecule has 1 fully saturated rings. The zero-order chi connectivity index (χ0) is 12.3. The van der Waals surface area contributed by atoms with Crippen molar-refractivity contribution < 1.29 is 0 Å². The van der Waals surface area contributed by atoms with Gasteiger partial charge >= 0.3 is 0 Å². The number of piperidine rings is 1. The minimum absolute atomic E-state index is 0.0726. The number of anilines is 1. The minimum Gasteiger partial charge on any atom is -0.356 e. The molecule has 1 saturated heterocycles.